The number of halogens is 5. The molecular formula is C25H22ClF4N3O2. The van der Waals surface area contributed by atoms with E-state index in [1.54, 1.807) is 17.0 Å². The summed E-state index contributed by atoms with van der Waals surface area (Å²) in [5.41, 5.74) is -0.122. The molecule has 1 aliphatic heterocycles. The molecule has 0 bridgehead atoms. The van der Waals surface area contributed by atoms with Gasteiger partial charge in [-0.1, -0.05) is 23.7 Å². The quantitative estimate of drug-likeness (QED) is 0.439. The molecule has 0 saturated carbocycles. The maximum Gasteiger partial charge on any atom is 0.271 e. The van der Waals surface area contributed by atoms with Gasteiger partial charge in [0, 0.05) is 25.4 Å². The Bertz CT molecular complexity index is 1290. The lowest BCUT2D eigenvalue weighted by Crippen LogP contribution is -2.39. The molecule has 35 heavy (non-hydrogen) atoms. The van der Waals surface area contributed by atoms with Crippen LogP contribution in [0.4, 0.5) is 28.9 Å². The summed E-state index contributed by atoms with van der Waals surface area (Å²) in [4.78, 5) is 27.6. The Kier molecular flexibility index (Phi) is 7.45. The number of aryl methyl sites for hydroxylation is 1. The molecule has 1 fully saturated rings. The van der Waals surface area contributed by atoms with E-state index in [4.69, 9.17) is 11.6 Å². The van der Waals surface area contributed by atoms with Gasteiger partial charge < -0.3 is 14.8 Å². The SMILES string of the molecule is O=C(c1cn(CCF)c(=O)c(Cl)c1Nc1ccc(F)cc1F)N1CCC(c2ccc(F)cc2)CC1. The Morgan fingerprint density at radius 2 is 1.69 bits per heavy atom. The van der Waals surface area contributed by atoms with Crippen LogP contribution in [0.3, 0.4) is 0 Å². The first-order chi connectivity index (χ1) is 16.8. The molecule has 0 atom stereocenters. The molecule has 4 rings (SSSR count). The predicted molar refractivity (Wildman–Crippen MR) is 126 cm³/mol. The van der Waals surface area contributed by atoms with E-state index < -0.39 is 34.8 Å². The number of likely N-dealkylation sites (tertiary alicyclic amines) is 1. The number of nitrogens with one attached hydrogen (secondary N) is 1. The molecule has 1 saturated heterocycles. The molecule has 1 N–H and O–H groups in total. The number of carbonyl (C=O) groups is 1. The smallest absolute Gasteiger partial charge is 0.271 e. The zero-order valence-electron chi connectivity index (χ0n) is 18.5. The highest BCUT2D eigenvalue weighted by atomic mass is 35.5. The number of anilines is 2. The average molecular weight is 508 g/mol. The van der Waals surface area contributed by atoms with Crippen LogP contribution >= 0.6 is 11.6 Å². The van der Waals surface area contributed by atoms with Gasteiger partial charge >= 0.3 is 0 Å². The van der Waals surface area contributed by atoms with Crippen LogP contribution < -0.4 is 10.9 Å². The molecular weight excluding hydrogens is 486 g/mol. The Hall–Kier alpha value is -3.33. The van der Waals surface area contributed by atoms with Crippen LogP contribution in [-0.4, -0.2) is 35.1 Å². The first kappa shape index (κ1) is 24.8. The Labute approximate surface area is 203 Å². The molecule has 0 aliphatic carbocycles. The molecule has 2 heterocycles. The average Bonchev–Trinajstić information content (AvgIpc) is 2.85. The molecule has 3 aromatic rings. The first-order valence-corrected chi connectivity index (χ1v) is 11.4. The summed E-state index contributed by atoms with van der Waals surface area (Å²) in [5.74, 6) is -2.37. The van der Waals surface area contributed by atoms with Gasteiger partial charge in [-0.05, 0) is 48.6 Å². The van der Waals surface area contributed by atoms with Crippen molar-refractivity contribution in [3.05, 3.63) is 92.6 Å². The van der Waals surface area contributed by atoms with E-state index in [1.807, 2.05) is 0 Å². The maximum atomic E-state index is 14.3. The van der Waals surface area contributed by atoms with E-state index in [1.165, 1.54) is 18.3 Å². The number of hydrogen-bond acceptors (Lipinski definition) is 3. The summed E-state index contributed by atoms with van der Waals surface area (Å²) in [6.07, 6.45) is 2.46. The Morgan fingerprint density at radius 3 is 2.31 bits per heavy atom. The third-order valence-corrected chi connectivity index (χ3v) is 6.44. The number of nitrogens with zero attached hydrogens (tertiary/aromatic N) is 2. The monoisotopic (exact) mass is 507 g/mol. The van der Waals surface area contributed by atoms with Crippen LogP contribution in [0.5, 0.6) is 0 Å². The van der Waals surface area contributed by atoms with E-state index in [2.05, 4.69) is 5.32 Å². The first-order valence-electron chi connectivity index (χ1n) is 11.0. The number of rotatable bonds is 6. The van der Waals surface area contributed by atoms with Crippen molar-refractivity contribution in [1.29, 1.82) is 0 Å². The normalized spacial score (nSPS) is 14.3. The van der Waals surface area contributed by atoms with Crippen molar-refractivity contribution in [1.82, 2.24) is 9.47 Å². The van der Waals surface area contributed by atoms with Gasteiger partial charge in [-0.2, -0.15) is 0 Å². The van der Waals surface area contributed by atoms with Crippen molar-refractivity contribution in [3.8, 4) is 0 Å². The van der Waals surface area contributed by atoms with Crippen molar-refractivity contribution in [2.75, 3.05) is 25.1 Å². The topological polar surface area (TPSA) is 54.3 Å². The van der Waals surface area contributed by atoms with Gasteiger partial charge in [0.15, 0.2) is 0 Å². The fourth-order valence-electron chi connectivity index (χ4n) is 4.22. The molecule has 10 heteroatoms. The molecule has 0 spiro atoms. The molecule has 184 valence electrons. The van der Waals surface area contributed by atoms with E-state index in [-0.39, 0.29) is 35.2 Å². The molecule has 0 unspecified atom stereocenters. The van der Waals surface area contributed by atoms with Crippen molar-refractivity contribution in [3.63, 3.8) is 0 Å². The van der Waals surface area contributed by atoms with Crippen molar-refractivity contribution < 1.29 is 22.4 Å². The second-order valence-electron chi connectivity index (χ2n) is 8.29. The lowest BCUT2D eigenvalue weighted by Gasteiger charge is -2.33. The number of hydrogen-bond donors (Lipinski definition) is 1. The van der Waals surface area contributed by atoms with Crippen LogP contribution in [0, 0.1) is 17.5 Å². The van der Waals surface area contributed by atoms with E-state index in [9.17, 15) is 27.2 Å². The molecule has 1 amide bonds. The van der Waals surface area contributed by atoms with Crippen LogP contribution in [0.2, 0.25) is 5.02 Å². The number of pyridine rings is 1. The minimum absolute atomic E-state index is 0.0352. The molecule has 5 nitrogen and oxygen atoms in total. The highest BCUT2D eigenvalue weighted by molar-refractivity contribution is 6.34. The lowest BCUT2D eigenvalue weighted by atomic mass is 9.89. The summed E-state index contributed by atoms with van der Waals surface area (Å²) in [6, 6.07) is 9.04. The summed E-state index contributed by atoms with van der Waals surface area (Å²) < 4.78 is 54.9. The van der Waals surface area contributed by atoms with Gasteiger partial charge in [0.05, 0.1) is 23.5 Å². The van der Waals surface area contributed by atoms with E-state index in [0.717, 1.165) is 22.3 Å². The minimum Gasteiger partial charge on any atom is -0.351 e. The molecule has 2 aromatic carbocycles. The summed E-state index contributed by atoms with van der Waals surface area (Å²) in [7, 11) is 0. The maximum absolute atomic E-state index is 14.3. The van der Waals surface area contributed by atoms with Gasteiger partial charge in [0.25, 0.3) is 11.5 Å². The molecule has 0 radical (unpaired) electrons. The summed E-state index contributed by atoms with van der Waals surface area (Å²) in [5, 5.41) is 2.23. The minimum atomic E-state index is -0.937. The van der Waals surface area contributed by atoms with Crippen molar-refractivity contribution in [2.45, 2.75) is 25.3 Å². The number of aromatic nitrogens is 1. The number of alkyl halides is 1. The summed E-state index contributed by atoms with van der Waals surface area (Å²) >= 11 is 6.26. The number of benzene rings is 2. The van der Waals surface area contributed by atoms with E-state index in [0.29, 0.717) is 32.0 Å². The van der Waals surface area contributed by atoms with Gasteiger partial charge in [-0.15, -0.1) is 0 Å². The number of piperidine rings is 1. The van der Waals surface area contributed by atoms with Crippen molar-refractivity contribution >= 4 is 28.9 Å². The lowest BCUT2D eigenvalue weighted by molar-refractivity contribution is 0.0713. The number of amides is 1. The van der Waals surface area contributed by atoms with Gasteiger partial charge in [0.1, 0.15) is 29.1 Å². The number of carbonyl (C=O) groups excluding carboxylic acids is 1. The highest BCUT2D eigenvalue weighted by Gasteiger charge is 2.28. The third kappa shape index (κ3) is 5.35. The summed E-state index contributed by atoms with van der Waals surface area (Å²) in [6.45, 7) is -0.404. The zero-order valence-corrected chi connectivity index (χ0v) is 19.3. The second-order valence-corrected chi connectivity index (χ2v) is 8.66. The fraction of sp³-hybridized carbons (Fsp3) is 0.280. The van der Waals surface area contributed by atoms with Crippen LogP contribution in [0.1, 0.15) is 34.7 Å². The van der Waals surface area contributed by atoms with Crippen LogP contribution in [0.15, 0.2) is 53.5 Å². The predicted octanol–water partition coefficient (Wildman–Crippen LogP) is 5.65. The van der Waals surface area contributed by atoms with Gasteiger partial charge in [0.2, 0.25) is 0 Å². The van der Waals surface area contributed by atoms with Crippen molar-refractivity contribution in [2.24, 2.45) is 0 Å². The zero-order chi connectivity index (χ0) is 25.1. The molecule has 1 aliphatic rings. The fourth-order valence-corrected chi connectivity index (χ4v) is 4.48. The highest BCUT2D eigenvalue weighted by Crippen LogP contribution is 2.32. The standard InChI is InChI=1S/C25H22ClF4N3O2/c26-22-23(31-21-6-5-18(29)13-20(21)30)19(14-33(12-9-27)25(22)35)24(34)32-10-7-16(8-11-32)15-1-3-17(28)4-2-15/h1-6,13-14,16,31H,7-12H2. The van der Waals surface area contributed by atoms with Gasteiger partial charge in [-0.25, -0.2) is 17.6 Å². The second kappa shape index (κ2) is 10.5. The van der Waals surface area contributed by atoms with E-state index >= 15 is 0 Å². The molecule has 1 aromatic heterocycles. The Balaban J connectivity index is 1.63. The van der Waals surface area contributed by atoms with Crippen LogP contribution in [0.25, 0.3) is 0 Å². The third-order valence-electron chi connectivity index (χ3n) is 6.09. The Morgan fingerprint density at radius 1 is 1.03 bits per heavy atom. The van der Waals surface area contributed by atoms with Gasteiger partial charge in [-0.3, -0.25) is 9.59 Å². The van der Waals surface area contributed by atoms with Crippen LogP contribution in [-0.2, 0) is 6.54 Å². The largest absolute Gasteiger partial charge is 0.351 e.